The minimum Gasteiger partial charge on any atom is -0.351 e. The molecule has 1 aromatic carbocycles. The zero-order valence-corrected chi connectivity index (χ0v) is 18.5. The molecule has 1 aliphatic rings. The van der Waals surface area contributed by atoms with E-state index in [1.54, 1.807) is 0 Å². The van der Waals surface area contributed by atoms with Crippen molar-refractivity contribution in [2.45, 2.75) is 52.7 Å². The lowest BCUT2D eigenvalue weighted by atomic mass is 9.96. The van der Waals surface area contributed by atoms with Gasteiger partial charge in [0.25, 0.3) is 0 Å². The van der Waals surface area contributed by atoms with Gasteiger partial charge in [-0.15, -0.1) is 0 Å². The molecule has 1 N–H and O–H groups in total. The van der Waals surface area contributed by atoms with Crippen molar-refractivity contribution in [3.63, 3.8) is 0 Å². The Hall–Kier alpha value is -2.66. The number of rotatable bonds is 4. The highest BCUT2D eigenvalue weighted by Gasteiger charge is 2.42. The molecule has 1 aliphatic heterocycles. The third-order valence-electron chi connectivity index (χ3n) is 5.77. The van der Waals surface area contributed by atoms with Crippen molar-refractivity contribution >= 4 is 23.0 Å². The number of thiocarbonyl (C=S) groups is 1. The normalized spacial score (nSPS) is 19.1. The third kappa shape index (κ3) is 3.44. The van der Waals surface area contributed by atoms with Crippen molar-refractivity contribution in [3.8, 4) is 0 Å². The SMILES string of the molecule is Cc1ccc(N2C(=S)NC(c3ccccn3)C2c2cc(C)n(C(C)C)c2C)cc1. The van der Waals surface area contributed by atoms with Crippen LogP contribution in [0.15, 0.2) is 54.7 Å². The standard InChI is InChI=1S/C24H28N4S/c1-15(2)27-17(4)14-20(18(27)5)23-22(21-8-6-7-13-25-21)26-24(29)28(23)19-11-9-16(3)10-12-19/h6-15,22-23H,1-5H3,(H,26,29). The van der Waals surface area contributed by atoms with Gasteiger partial charge in [-0.25, -0.2) is 0 Å². The lowest BCUT2D eigenvalue weighted by molar-refractivity contribution is 0.547. The van der Waals surface area contributed by atoms with Crippen LogP contribution in [-0.2, 0) is 0 Å². The van der Waals surface area contributed by atoms with Crippen molar-refractivity contribution < 1.29 is 0 Å². The minimum absolute atomic E-state index is 0.00823. The molecule has 5 heteroatoms. The quantitative estimate of drug-likeness (QED) is 0.577. The summed E-state index contributed by atoms with van der Waals surface area (Å²) >= 11 is 5.82. The molecule has 3 aromatic rings. The molecule has 150 valence electrons. The molecule has 2 aromatic heterocycles. The number of pyridine rings is 1. The molecule has 2 unspecified atom stereocenters. The smallest absolute Gasteiger partial charge is 0.174 e. The average molecular weight is 405 g/mol. The number of nitrogens with zero attached hydrogens (tertiary/aromatic N) is 3. The van der Waals surface area contributed by atoms with E-state index in [2.05, 4.69) is 90.8 Å². The summed E-state index contributed by atoms with van der Waals surface area (Å²) in [7, 11) is 0. The molecule has 4 rings (SSSR count). The largest absolute Gasteiger partial charge is 0.351 e. The van der Waals surface area contributed by atoms with Crippen LogP contribution in [0, 0.1) is 20.8 Å². The van der Waals surface area contributed by atoms with Crippen LogP contribution in [0.25, 0.3) is 0 Å². The van der Waals surface area contributed by atoms with Crippen LogP contribution in [0.2, 0.25) is 0 Å². The maximum absolute atomic E-state index is 5.82. The highest BCUT2D eigenvalue weighted by atomic mass is 32.1. The summed E-state index contributed by atoms with van der Waals surface area (Å²) in [6, 6.07) is 17.4. The third-order valence-corrected chi connectivity index (χ3v) is 6.08. The molecule has 0 saturated carbocycles. The molecule has 29 heavy (non-hydrogen) atoms. The number of anilines is 1. The number of nitrogens with one attached hydrogen (secondary N) is 1. The average Bonchev–Trinajstić information content (AvgIpc) is 3.19. The monoisotopic (exact) mass is 404 g/mol. The molecule has 2 atom stereocenters. The van der Waals surface area contributed by atoms with Crippen LogP contribution in [-0.4, -0.2) is 14.7 Å². The first kappa shape index (κ1) is 19.6. The molecular weight excluding hydrogens is 376 g/mol. The van der Waals surface area contributed by atoms with Gasteiger partial charge < -0.3 is 14.8 Å². The van der Waals surface area contributed by atoms with E-state index < -0.39 is 0 Å². The Morgan fingerprint density at radius 1 is 1.03 bits per heavy atom. The Balaban J connectivity index is 1.88. The Morgan fingerprint density at radius 3 is 2.34 bits per heavy atom. The molecule has 0 radical (unpaired) electrons. The van der Waals surface area contributed by atoms with Crippen LogP contribution in [0.5, 0.6) is 0 Å². The summed E-state index contributed by atoms with van der Waals surface area (Å²) in [5.41, 5.74) is 7.19. The first-order valence-corrected chi connectivity index (χ1v) is 10.5. The lowest BCUT2D eigenvalue weighted by Gasteiger charge is -2.28. The van der Waals surface area contributed by atoms with Crippen molar-refractivity contribution in [3.05, 3.63) is 82.9 Å². The molecule has 0 bridgehead atoms. The van der Waals surface area contributed by atoms with Gasteiger partial charge >= 0.3 is 0 Å². The Labute approximate surface area is 178 Å². The van der Waals surface area contributed by atoms with Gasteiger partial charge in [0, 0.05) is 29.3 Å². The number of hydrogen-bond acceptors (Lipinski definition) is 2. The highest BCUT2D eigenvalue weighted by Crippen LogP contribution is 2.43. The fraction of sp³-hybridized carbons (Fsp3) is 0.333. The second-order valence-corrected chi connectivity index (χ2v) is 8.51. The fourth-order valence-corrected chi connectivity index (χ4v) is 4.90. The Kier molecular flexibility index (Phi) is 5.17. The predicted octanol–water partition coefficient (Wildman–Crippen LogP) is 5.57. The van der Waals surface area contributed by atoms with Crippen molar-refractivity contribution in [2.75, 3.05) is 4.90 Å². The summed E-state index contributed by atoms with van der Waals surface area (Å²) in [4.78, 5) is 6.90. The van der Waals surface area contributed by atoms with E-state index in [0.29, 0.717) is 6.04 Å². The van der Waals surface area contributed by atoms with E-state index in [-0.39, 0.29) is 12.1 Å². The molecule has 4 nitrogen and oxygen atoms in total. The number of benzene rings is 1. The molecule has 1 saturated heterocycles. The van der Waals surface area contributed by atoms with Gasteiger partial charge in [0.1, 0.15) is 0 Å². The van der Waals surface area contributed by atoms with Gasteiger partial charge in [-0.3, -0.25) is 4.98 Å². The van der Waals surface area contributed by atoms with E-state index in [1.165, 1.54) is 22.5 Å². The van der Waals surface area contributed by atoms with E-state index in [1.807, 2.05) is 18.3 Å². The van der Waals surface area contributed by atoms with Gasteiger partial charge in [0.15, 0.2) is 5.11 Å². The van der Waals surface area contributed by atoms with E-state index >= 15 is 0 Å². The molecule has 0 spiro atoms. The second-order valence-electron chi connectivity index (χ2n) is 8.12. The summed E-state index contributed by atoms with van der Waals surface area (Å²) in [6.45, 7) is 11.0. The number of aromatic nitrogens is 2. The number of hydrogen-bond donors (Lipinski definition) is 1. The van der Waals surface area contributed by atoms with E-state index in [4.69, 9.17) is 12.2 Å². The van der Waals surface area contributed by atoms with Gasteiger partial charge in [-0.2, -0.15) is 0 Å². The zero-order valence-electron chi connectivity index (χ0n) is 17.7. The van der Waals surface area contributed by atoms with E-state index in [0.717, 1.165) is 16.5 Å². The Morgan fingerprint density at radius 2 is 1.76 bits per heavy atom. The van der Waals surface area contributed by atoms with Crippen molar-refractivity contribution in [2.24, 2.45) is 0 Å². The number of aryl methyl sites for hydroxylation is 2. The molecule has 1 fully saturated rings. The van der Waals surface area contributed by atoms with Crippen LogP contribution < -0.4 is 10.2 Å². The molecule has 3 heterocycles. The first-order chi connectivity index (χ1) is 13.9. The summed E-state index contributed by atoms with van der Waals surface area (Å²) in [5, 5.41) is 4.29. The zero-order chi connectivity index (χ0) is 20.7. The lowest BCUT2D eigenvalue weighted by Crippen LogP contribution is -2.29. The molecule has 0 amide bonds. The van der Waals surface area contributed by atoms with E-state index in [9.17, 15) is 0 Å². The maximum atomic E-state index is 5.82. The van der Waals surface area contributed by atoms with Gasteiger partial charge in [0.05, 0.1) is 17.8 Å². The highest BCUT2D eigenvalue weighted by molar-refractivity contribution is 7.80. The summed E-state index contributed by atoms with van der Waals surface area (Å²) < 4.78 is 2.40. The predicted molar refractivity (Wildman–Crippen MR) is 123 cm³/mol. The van der Waals surface area contributed by atoms with Gasteiger partial charge in [-0.05, 0) is 82.7 Å². The van der Waals surface area contributed by atoms with Crippen LogP contribution in [0.4, 0.5) is 5.69 Å². The van der Waals surface area contributed by atoms with Gasteiger partial charge in [-0.1, -0.05) is 23.8 Å². The topological polar surface area (TPSA) is 33.1 Å². The fourth-order valence-electron chi connectivity index (χ4n) is 4.55. The summed E-state index contributed by atoms with van der Waals surface area (Å²) in [5.74, 6) is 0. The van der Waals surface area contributed by atoms with Crippen molar-refractivity contribution in [1.29, 1.82) is 0 Å². The van der Waals surface area contributed by atoms with Crippen LogP contribution in [0.3, 0.4) is 0 Å². The van der Waals surface area contributed by atoms with Gasteiger partial charge in [0.2, 0.25) is 0 Å². The van der Waals surface area contributed by atoms with Crippen molar-refractivity contribution in [1.82, 2.24) is 14.9 Å². The summed E-state index contributed by atoms with van der Waals surface area (Å²) in [6.07, 6.45) is 1.85. The Bertz CT molecular complexity index is 1020. The van der Waals surface area contributed by atoms with Crippen LogP contribution in [0.1, 0.15) is 60.2 Å². The molecular formula is C24H28N4S. The maximum Gasteiger partial charge on any atom is 0.174 e. The molecule has 0 aliphatic carbocycles. The second kappa shape index (κ2) is 7.64. The first-order valence-electron chi connectivity index (χ1n) is 10.1. The van der Waals surface area contributed by atoms with Crippen LogP contribution >= 0.6 is 12.2 Å². The minimum atomic E-state index is -0.00823.